The highest BCUT2D eigenvalue weighted by molar-refractivity contribution is 6.21. The van der Waals surface area contributed by atoms with Crippen LogP contribution in [0.5, 0.6) is 0 Å². The van der Waals surface area contributed by atoms with Crippen molar-refractivity contribution in [2.75, 3.05) is 13.2 Å². The van der Waals surface area contributed by atoms with Gasteiger partial charge in [0.05, 0.1) is 23.3 Å². The maximum atomic E-state index is 12.2. The summed E-state index contributed by atoms with van der Waals surface area (Å²) in [6, 6.07) is 12.3. The summed E-state index contributed by atoms with van der Waals surface area (Å²) < 4.78 is 5.28. The second-order valence-corrected chi connectivity index (χ2v) is 6.45. The number of carbonyl (C=O) groups excluding carboxylic acids is 3. The molecule has 0 saturated heterocycles. The first kappa shape index (κ1) is 17.9. The molecule has 26 heavy (non-hydrogen) atoms. The predicted molar refractivity (Wildman–Crippen MR) is 97.2 cm³/mol. The van der Waals surface area contributed by atoms with Crippen molar-refractivity contribution in [1.29, 1.82) is 0 Å². The van der Waals surface area contributed by atoms with Crippen LogP contribution in [0.4, 0.5) is 0 Å². The Morgan fingerprint density at radius 2 is 1.58 bits per heavy atom. The minimum atomic E-state index is -0.353. The summed E-state index contributed by atoms with van der Waals surface area (Å²) in [5.74, 6) is -0.857. The van der Waals surface area contributed by atoms with Crippen molar-refractivity contribution in [3.8, 4) is 0 Å². The Labute approximate surface area is 152 Å². The SMILES string of the molecule is Cc1ccc(C(=O)OCCCCN2C(=O)c3ccccc3C2=O)cc1C. The number of esters is 1. The van der Waals surface area contributed by atoms with Gasteiger partial charge in [-0.3, -0.25) is 14.5 Å². The Bertz CT molecular complexity index is 837. The van der Waals surface area contributed by atoms with Gasteiger partial charge in [-0.05, 0) is 62.1 Å². The zero-order chi connectivity index (χ0) is 18.7. The monoisotopic (exact) mass is 351 g/mol. The molecule has 0 aromatic heterocycles. The fourth-order valence-corrected chi connectivity index (χ4v) is 2.93. The average Bonchev–Trinajstić information content (AvgIpc) is 2.88. The molecule has 0 saturated carbocycles. The lowest BCUT2D eigenvalue weighted by Gasteiger charge is -2.13. The van der Waals surface area contributed by atoms with Gasteiger partial charge in [-0.25, -0.2) is 4.79 Å². The Kier molecular flexibility index (Phi) is 5.16. The van der Waals surface area contributed by atoms with Crippen molar-refractivity contribution >= 4 is 17.8 Å². The van der Waals surface area contributed by atoms with Gasteiger partial charge in [0.1, 0.15) is 0 Å². The van der Waals surface area contributed by atoms with E-state index in [-0.39, 0.29) is 24.4 Å². The summed E-state index contributed by atoms with van der Waals surface area (Å²) in [7, 11) is 0. The van der Waals surface area contributed by atoms with Crippen LogP contribution in [-0.2, 0) is 4.74 Å². The third kappa shape index (κ3) is 3.52. The maximum absolute atomic E-state index is 12.2. The van der Waals surface area contributed by atoms with Crippen LogP contribution in [0.25, 0.3) is 0 Å². The Hall–Kier alpha value is -2.95. The largest absolute Gasteiger partial charge is 0.462 e. The molecule has 0 bridgehead atoms. The molecule has 0 atom stereocenters. The summed E-state index contributed by atoms with van der Waals surface area (Å²) in [5, 5.41) is 0. The van der Waals surface area contributed by atoms with Gasteiger partial charge in [0.15, 0.2) is 0 Å². The Morgan fingerprint density at radius 1 is 0.923 bits per heavy atom. The first-order valence-corrected chi connectivity index (χ1v) is 8.68. The van der Waals surface area contributed by atoms with Crippen molar-refractivity contribution in [2.24, 2.45) is 0 Å². The number of rotatable bonds is 6. The highest BCUT2D eigenvalue weighted by Gasteiger charge is 2.34. The molecule has 1 aliphatic rings. The molecule has 0 spiro atoms. The molecule has 0 radical (unpaired) electrons. The number of carbonyl (C=O) groups is 3. The highest BCUT2D eigenvalue weighted by Crippen LogP contribution is 2.22. The standard InChI is InChI=1S/C21H21NO4/c1-14-9-10-16(13-15(14)2)21(25)26-12-6-5-11-22-19(23)17-7-3-4-8-18(17)20(22)24/h3-4,7-10,13H,5-6,11-12H2,1-2H3. The van der Waals surface area contributed by atoms with Crippen molar-refractivity contribution in [3.63, 3.8) is 0 Å². The van der Waals surface area contributed by atoms with Crippen LogP contribution < -0.4 is 0 Å². The number of imide groups is 1. The van der Waals surface area contributed by atoms with E-state index in [0.29, 0.717) is 36.1 Å². The first-order valence-electron chi connectivity index (χ1n) is 8.68. The minimum Gasteiger partial charge on any atom is -0.462 e. The van der Waals surface area contributed by atoms with Gasteiger partial charge in [-0.1, -0.05) is 18.2 Å². The number of aryl methyl sites for hydroxylation is 2. The molecule has 3 rings (SSSR count). The van der Waals surface area contributed by atoms with Gasteiger partial charge in [0.25, 0.3) is 11.8 Å². The van der Waals surface area contributed by atoms with Gasteiger partial charge in [0, 0.05) is 6.54 Å². The van der Waals surface area contributed by atoms with Crippen molar-refractivity contribution in [1.82, 2.24) is 4.90 Å². The number of unbranched alkanes of at least 4 members (excludes halogenated alkanes) is 1. The lowest BCUT2D eigenvalue weighted by Crippen LogP contribution is -2.30. The van der Waals surface area contributed by atoms with Crippen LogP contribution >= 0.6 is 0 Å². The number of ether oxygens (including phenoxy) is 1. The smallest absolute Gasteiger partial charge is 0.338 e. The van der Waals surface area contributed by atoms with Crippen molar-refractivity contribution in [2.45, 2.75) is 26.7 Å². The van der Waals surface area contributed by atoms with E-state index in [0.717, 1.165) is 11.1 Å². The summed E-state index contributed by atoms with van der Waals surface area (Å²) in [6.07, 6.45) is 1.18. The number of fused-ring (bicyclic) bond motifs is 1. The number of amides is 2. The first-order chi connectivity index (χ1) is 12.5. The van der Waals surface area contributed by atoms with E-state index in [1.165, 1.54) is 4.90 Å². The van der Waals surface area contributed by atoms with E-state index >= 15 is 0 Å². The highest BCUT2D eigenvalue weighted by atomic mass is 16.5. The topological polar surface area (TPSA) is 63.7 Å². The average molecular weight is 351 g/mol. The number of hydrogen-bond donors (Lipinski definition) is 0. The third-order valence-corrected chi connectivity index (χ3v) is 4.63. The van der Waals surface area contributed by atoms with E-state index in [2.05, 4.69) is 0 Å². The Morgan fingerprint density at radius 3 is 2.19 bits per heavy atom. The van der Waals surface area contributed by atoms with Crippen molar-refractivity contribution in [3.05, 3.63) is 70.3 Å². The molecule has 134 valence electrons. The molecule has 0 N–H and O–H groups in total. The van der Waals surface area contributed by atoms with Crippen LogP contribution in [0.3, 0.4) is 0 Å². The minimum absolute atomic E-state index is 0.252. The third-order valence-electron chi connectivity index (χ3n) is 4.63. The van der Waals surface area contributed by atoms with Gasteiger partial charge >= 0.3 is 5.97 Å². The van der Waals surface area contributed by atoms with Gasteiger partial charge < -0.3 is 4.74 Å². The molecule has 2 aromatic carbocycles. The van der Waals surface area contributed by atoms with E-state index in [1.807, 2.05) is 26.0 Å². The fourth-order valence-electron chi connectivity index (χ4n) is 2.93. The van der Waals surface area contributed by atoms with Crippen LogP contribution in [-0.4, -0.2) is 35.8 Å². The molecule has 1 heterocycles. The van der Waals surface area contributed by atoms with E-state index in [4.69, 9.17) is 4.74 Å². The Balaban J connectivity index is 1.45. The molecule has 5 nitrogen and oxygen atoms in total. The number of nitrogens with zero attached hydrogens (tertiary/aromatic N) is 1. The number of benzene rings is 2. The van der Waals surface area contributed by atoms with E-state index in [9.17, 15) is 14.4 Å². The normalized spacial score (nSPS) is 13.1. The molecule has 0 unspecified atom stereocenters. The molecule has 0 aliphatic carbocycles. The fraction of sp³-hybridized carbons (Fsp3) is 0.286. The van der Waals surface area contributed by atoms with Crippen LogP contribution in [0.1, 0.15) is 55.0 Å². The van der Waals surface area contributed by atoms with E-state index in [1.54, 1.807) is 30.3 Å². The van der Waals surface area contributed by atoms with Gasteiger partial charge in [0.2, 0.25) is 0 Å². The lowest BCUT2D eigenvalue weighted by atomic mass is 10.1. The summed E-state index contributed by atoms with van der Waals surface area (Å²) >= 11 is 0. The quantitative estimate of drug-likeness (QED) is 0.454. The van der Waals surface area contributed by atoms with Gasteiger partial charge in [-0.2, -0.15) is 0 Å². The van der Waals surface area contributed by atoms with Crippen molar-refractivity contribution < 1.29 is 19.1 Å². The molecular formula is C21H21NO4. The van der Waals surface area contributed by atoms with Crippen LogP contribution in [0, 0.1) is 13.8 Å². The molecule has 0 fully saturated rings. The molecule has 2 aromatic rings. The molecular weight excluding hydrogens is 330 g/mol. The lowest BCUT2D eigenvalue weighted by molar-refractivity contribution is 0.0485. The molecule has 2 amide bonds. The zero-order valence-corrected chi connectivity index (χ0v) is 15.0. The predicted octanol–water partition coefficient (Wildman–Crippen LogP) is 3.54. The van der Waals surface area contributed by atoms with Gasteiger partial charge in [-0.15, -0.1) is 0 Å². The maximum Gasteiger partial charge on any atom is 0.338 e. The summed E-state index contributed by atoms with van der Waals surface area (Å²) in [6.45, 7) is 4.53. The second-order valence-electron chi connectivity index (χ2n) is 6.45. The van der Waals surface area contributed by atoms with Crippen LogP contribution in [0.2, 0.25) is 0 Å². The molecule has 5 heteroatoms. The van der Waals surface area contributed by atoms with E-state index < -0.39 is 0 Å². The van der Waals surface area contributed by atoms with Crippen LogP contribution in [0.15, 0.2) is 42.5 Å². The number of hydrogen-bond acceptors (Lipinski definition) is 4. The summed E-state index contributed by atoms with van der Waals surface area (Å²) in [5.41, 5.74) is 3.62. The summed E-state index contributed by atoms with van der Waals surface area (Å²) in [4.78, 5) is 37.8. The second kappa shape index (κ2) is 7.52. The molecule has 1 aliphatic heterocycles. The zero-order valence-electron chi connectivity index (χ0n) is 15.0.